The lowest BCUT2D eigenvalue weighted by Gasteiger charge is -2.28. The van der Waals surface area contributed by atoms with Crippen LogP contribution in [0.3, 0.4) is 0 Å². The van der Waals surface area contributed by atoms with Crippen LogP contribution in [0.2, 0.25) is 0 Å². The van der Waals surface area contributed by atoms with Crippen LogP contribution in [0.5, 0.6) is 0 Å². The van der Waals surface area contributed by atoms with E-state index in [1.165, 1.54) is 10.7 Å². The second-order valence-electron chi connectivity index (χ2n) is 7.64. The number of morpholine rings is 1. The van der Waals surface area contributed by atoms with E-state index < -0.39 is 5.91 Å². The minimum atomic E-state index is -0.708. The Morgan fingerprint density at radius 1 is 1.00 bits per heavy atom. The van der Waals surface area contributed by atoms with Crippen LogP contribution in [0.4, 0.5) is 11.4 Å². The van der Waals surface area contributed by atoms with E-state index in [2.05, 4.69) is 20.2 Å². The van der Waals surface area contributed by atoms with Gasteiger partial charge in [0.1, 0.15) is 12.0 Å². The number of aromatic nitrogens is 3. The molecule has 3 N–H and O–H groups in total. The lowest BCUT2D eigenvalue weighted by atomic mass is 10.1. The molecule has 0 bridgehead atoms. The van der Waals surface area contributed by atoms with Crippen molar-refractivity contribution in [1.29, 1.82) is 0 Å². The van der Waals surface area contributed by atoms with Crippen molar-refractivity contribution in [2.45, 2.75) is 0 Å². The number of fused-ring (bicyclic) bond motifs is 1. The lowest BCUT2D eigenvalue weighted by Crippen LogP contribution is -2.36. The Labute approximate surface area is 189 Å². The number of hydrogen-bond donors (Lipinski definition) is 2. The highest BCUT2D eigenvalue weighted by Crippen LogP contribution is 2.23. The molecule has 9 nitrogen and oxygen atoms in total. The van der Waals surface area contributed by atoms with Gasteiger partial charge in [-0.05, 0) is 30.3 Å². The van der Waals surface area contributed by atoms with Crippen LogP contribution in [-0.4, -0.2) is 52.5 Å². The van der Waals surface area contributed by atoms with Crippen molar-refractivity contribution in [2.75, 3.05) is 36.5 Å². The second-order valence-corrected chi connectivity index (χ2v) is 7.64. The molecule has 2 aromatic heterocycles. The number of ether oxygens (including phenoxy) is 1. The van der Waals surface area contributed by atoms with Gasteiger partial charge < -0.3 is 20.7 Å². The van der Waals surface area contributed by atoms with Gasteiger partial charge in [-0.25, -0.2) is 9.97 Å². The summed E-state index contributed by atoms with van der Waals surface area (Å²) in [5.41, 5.74) is 9.08. The molecule has 2 amide bonds. The molecular formula is C24H22N6O3. The number of nitrogens with two attached hydrogens (primary N) is 1. The number of nitrogens with one attached hydrogen (secondary N) is 1. The molecule has 0 atom stereocenters. The SMILES string of the molecule is NC(=O)c1ncn2c(C(=O)Nc3ccc(N4CCOCC4)cc3)cc(-c3ccccc3)nc12. The predicted molar refractivity (Wildman–Crippen MR) is 124 cm³/mol. The Kier molecular flexibility index (Phi) is 5.45. The minimum absolute atomic E-state index is 0.0108. The Morgan fingerprint density at radius 2 is 1.73 bits per heavy atom. The molecule has 9 heteroatoms. The third-order valence-corrected chi connectivity index (χ3v) is 5.54. The van der Waals surface area contributed by atoms with Gasteiger partial charge in [0.05, 0.1) is 18.9 Å². The van der Waals surface area contributed by atoms with Gasteiger partial charge in [-0.1, -0.05) is 30.3 Å². The average Bonchev–Trinajstić information content (AvgIpc) is 3.29. The summed E-state index contributed by atoms with van der Waals surface area (Å²) in [6.07, 6.45) is 1.38. The molecule has 1 aliphatic heterocycles. The number of anilines is 2. The van der Waals surface area contributed by atoms with Crippen LogP contribution in [-0.2, 0) is 4.74 Å². The van der Waals surface area contributed by atoms with Gasteiger partial charge in [0.25, 0.3) is 11.8 Å². The fraction of sp³-hybridized carbons (Fsp3) is 0.167. The first-order valence-electron chi connectivity index (χ1n) is 10.6. The molecule has 166 valence electrons. The molecule has 2 aromatic carbocycles. The van der Waals surface area contributed by atoms with Gasteiger partial charge in [-0.2, -0.15) is 0 Å². The van der Waals surface area contributed by atoms with E-state index in [4.69, 9.17) is 10.5 Å². The minimum Gasteiger partial charge on any atom is -0.378 e. The molecular weight excluding hydrogens is 420 g/mol. The number of carbonyl (C=O) groups excluding carboxylic acids is 2. The zero-order valence-electron chi connectivity index (χ0n) is 17.8. The van der Waals surface area contributed by atoms with Gasteiger partial charge in [0, 0.05) is 30.0 Å². The summed E-state index contributed by atoms with van der Waals surface area (Å²) < 4.78 is 6.88. The number of benzene rings is 2. The normalized spacial score (nSPS) is 13.8. The summed E-state index contributed by atoms with van der Waals surface area (Å²) in [6, 6.07) is 18.8. The van der Waals surface area contributed by atoms with Crippen molar-refractivity contribution < 1.29 is 14.3 Å². The smallest absolute Gasteiger partial charge is 0.272 e. The van der Waals surface area contributed by atoms with E-state index in [1.807, 2.05) is 54.6 Å². The summed E-state index contributed by atoms with van der Waals surface area (Å²) in [7, 11) is 0. The van der Waals surface area contributed by atoms with E-state index in [9.17, 15) is 9.59 Å². The zero-order valence-corrected chi connectivity index (χ0v) is 17.8. The summed E-state index contributed by atoms with van der Waals surface area (Å²) in [5.74, 6) is -1.06. The molecule has 0 unspecified atom stereocenters. The molecule has 0 spiro atoms. The van der Waals surface area contributed by atoms with Crippen LogP contribution in [0, 0.1) is 0 Å². The molecule has 3 heterocycles. The first kappa shape index (κ1) is 20.7. The summed E-state index contributed by atoms with van der Waals surface area (Å²) in [5, 5.41) is 2.92. The molecule has 33 heavy (non-hydrogen) atoms. The summed E-state index contributed by atoms with van der Waals surface area (Å²) >= 11 is 0. The Bertz CT molecular complexity index is 1310. The number of hydrogen-bond acceptors (Lipinski definition) is 6. The van der Waals surface area contributed by atoms with Crippen molar-refractivity contribution >= 4 is 28.8 Å². The van der Waals surface area contributed by atoms with E-state index in [0.717, 1.165) is 24.3 Å². The quantitative estimate of drug-likeness (QED) is 0.491. The van der Waals surface area contributed by atoms with Crippen LogP contribution in [0.15, 0.2) is 67.0 Å². The molecule has 5 rings (SSSR count). The second kappa shape index (κ2) is 8.71. The fourth-order valence-corrected chi connectivity index (χ4v) is 3.85. The first-order valence-corrected chi connectivity index (χ1v) is 10.6. The number of rotatable bonds is 5. The van der Waals surface area contributed by atoms with Gasteiger partial charge in [0.2, 0.25) is 0 Å². The van der Waals surface area contributed by atoms with Crippen molar-refractivity contribution in [2.24, 2.45) is 5.73 Å². The standard InChI is InChI=1S/C24H22N6O3/c25-22(31)21-23-28-19(16-4-2-1-3-5-16)14-20(30(23)15-26-21)24(32)27-17-6-8-18(9-7-17)29-10-12-33-13-11-29/h1-9,14-15H,10-13H2,(H2,25,31)(H,27,32). The maximum absolute atomic E-state index is 13.2. The molecule has 0 radical (unpaired) electrons. The highest BCUT2D eigenvalue weighted by molar-refractivity contribution is 6.05. The first-order chi connectivity index (χ1) is 16.1. The molecule has 4 aromatic rings. The molecule has 0 aliphatic carbocycles. The third-order valence-electron chi connectivity index (χ3n) is 5.54. The highest BCUT2D eigenvalue weighted by Gasteiger charge is 2.20. The van der Waals surface area contributed by atoms with E-state index in [0.29, 0.717) is 24.6 Å². The number of nitrogens with zero attached hydrogens (tertiary/aromatic N) is 4. The topological polar surface area (TPSA) is 115 Å². The van der Waals surface area contributed by atoms with E-state index in [1.54, 1.807) is 6.07 Å². The molecule has 1 aliphatic rings. The van der Waals surface area contributed by atoms with Crippen LogP contribution < -0.4 is 16.0 Å². The van der Waals surface area contributed by atoms with Gasteiger partial charge in [-0.3, -0.25) is 14.0 Å². The lowest BCUT2D eigenvalue weighted by molar-refractivity contribution is 0.0993. The van der Waals surface area contributed by atoms with E-state index >= 15 is 0 Å². The predicted octanol–water partition coefficient (Wildman–Crippen LogP) is 2.58. The number of primary amides is 1. The Balaban J connectivity index is 1.48. The van der Waals surface area contributed by atoms with Crippen LogP contribution in [0.1, 0.15) is 21.0 Å². The van der Waals surface area contributed by atoms with Crippen molar-refractivity contribution in [3.63, 3.8) is 0 Å². The highest BCUT2D eigenvalue weighted by atomic mass is 16.5. The van der Waals surface area contributed by atoms with Crippen molar-refractivity contribution in [3.8, 4) is 11.3 Å². The summed E-state index contributed by atoms with van der Waals surface area (Å²) in [4.78, 5) is 36.0. The summed E-state index contributed by atoms with van der Waals surface area (Å²) in [6.45, 7) is 3.09. The molecule has 1 saturated heterocycles. The van der Waals surface area contributed by atoms with E-state index in [-0.39, 0.29) is 22.9 Å². The van der Waals surface area contributed by atoms with Gasteiger partial charge in [0.15, 0.2) is 11.3 Å². The number of imidazole rings is 1. The zero-order chi connectivity index (χ0) is 22.8. The number of carbonyl (C=O) groups is 2. The molecule has 1 fully saturated rings. The van der Waals surface area contributed by atoms with Gasteiger partial charge >= 0.3 is 0 Å². The average molecular weight is 442 g/mol. The molecule has 0 saturated carbocycles. The Hall–Kier alpha value is -4.24. The largest absolute Gasteiger partial charge is 0.378 e. The Morgan fingerprint density at radius 3 is 2.42 bits per heavy atom. The van der Waals surface area contributed by atoms with Gasteiger partial charge in [-0.15, -0.1) is 0 Å². The monoisotopic (exact) mass is 442 g/mol. The third kappa shape index (κ3) is 4.13. The number of amides is 2. The van der Waals surface area contributed by atoms with Crippen molar-refractivity contribution in [3.05, 3.63) is 78.4 Å². The van der Waals surface area contributed by atoms with Crippen LogP contribution in [0.25, 0.3) is 16.9 Å². The van der Waals surface area contributed by atoms with Crippen LogP contribution >= 0.6 is 0 Å². The van der Waals surface area contributed by atoms with Crippen molar-refractivity contribution in [1.82, 2.24) is 14.4 Å². The maximum atomic E-state index is 13.2. The fourth-order valence-electron chi connectivity index (χ4n) is 3.85. The maximum Gasteiger partial charge on any atom is 0.272 e.